The van der Waals surface area contributed by atoms with Gasteiger partial charge in [0.05, 0.1) is 18.6 Å². The number of aliphatic imine (C=N–C) groups is 1. The summed E-state index contributed by atoms with van der Waals surface area (Å²) in [5.74, 6) is -5.34. The van der Waals surface area contributed by atoms with E-state index in [9.17, 15) is 34.2 Å². The number of carbonyl (C=O) groups excluding carboxylic acids is 4. The molecule has 0 heterocycles. The number of primary amides is 1. The number of aliphatic hydroxyl groups excluding tert-OH is 1. The van der Waals surface area contributed by atoms with Crippen LogP contribution in [0.15, 0.2) is 4.99 Å². The average molecular weight is 503 g/mol. The summed E-state index contributed by atoms with van der Waals surface area (Å²) < 4.78 is 0. The van der Waals surface area contributed by atoms with Crippen molar-refractivity contribution in [2.45, 2.75) is 76.7 Å². The molecule has 0 rings (SSSR count). The van der Waals surface area contributed by atoms with Gasteiger partial charge < -0.3 is 49.1 Å². The first-order chi connectivity index (χ1) is 16.2. The lowest BCUT2D eigenvalue weighted by Gasteiger charge is -2.27. The number of hydrogen-bond donors (Lipinski definition) is 9. The Bertz CT molecular complexity index is 785. The van der Waals surface area contributed by atoms with Crippen LogP contribution in [0.5, 0.6) is 0 Å². The summed E-state index contributed by atoms with van der Waals surface area (Å²) in [7, 11) is 0. The van der Waals surface area contributed by atoms with Gasteiger partial charge in [0.25, 0.3) is 0 Å². The van der Waals surface area contributed by atoms with Crippen LogP contribution in [0, 0.1) is 5.92 Å². The highest BCUT2D eigenvalue weighted by Crippen LogP contribution is 2.07. The van der Waals surface area contributed by atoms with Gasteiger partial charge in [-0.05, 0) is 25.7 Å². The second-order valence-corrected chi connectivity index (χ2v) is 8.22. The van der Waals surface area contributed by atoms with Gasteiger partial charge in [0.1, 0.15) is 18.1 Å². The monoisotopic (exact) mass is 502 g/mol. The van der Waals surface area contributed by atoms with Crippen LogP contribution < -0.4 is 38.9 Å². The van der Waals surface area contributed by atoms with E-state index in [-0.39, 0.29) is 31.3 Å². The van der Waals surface area contributed by atoms with Crippen molar-refractivity contribution in [2.24, 2.45) is 33.8 Å². The smallest absolute Gasteiger partial charge is 0.326 e. The standard InChI is InChI=1S/C20H38N8O7/c1-4-9(2)14(22)17(32)28-15(10(3)29)18(33)26-11(6-5-7-25-20(23)24)16(31)27-12(19(34)35)8-13(21)30/h9-12,14-15,29H,4-8,22H2,1-3H3,(H2,21,30)(H,26,33)(H,27,31)(H,28,32)(H,34,35)(H4,23,24,25). The molecule has 0 aliphatic carbocycles. The van der Waals surface area contributed by atoms with Crippen molar-refractivity contribution >= 4 is 35.6 Å². The lowest BCUT2D eigenvalue weighted by Crippen LogP contribution is -2.60. The Morgan fingerprint density at radius 2 is 1.49 bits per heavy atom. The van der Waals surface area contributed by atoms with Crippen molar-refractivity contribution in [2.75, 3.05) is 6.54 Å². The summed E-state index contributed by atoms with van der Waals surface area (Å²) in [6, 6.07) is -5.32. The summed E-state index contributed by atoms with van der Waals surface area (Å²) in [4.78, 5) is 64.3. The molecular formula is C20H38N8O7. The number of carbonyl (C=O) groups is 5. The van der Waals surface area contributed by atoms with E-state index >= 15 is 0 Å². The number of carboxylic acids is 1. The van der Waals surface area contributed by atoms with Gasteiger partial charge in [-0.15, -0.1) is 0 Å². The lowest BCUT2D eigenvalue weighted by atomic mass is 9.98. The third-order valence-corrected chi connectivity index (χ3v) is 5.22. The number of carboxylic acid groups (broad SMARTS) is 1. The van der Waals surface area contributed by atoms with Crippen molar-refractivity contribution in [3.8, 4) is 0 Å². The fraction of sp³-hybridized carbons (Fsp3) is 0.700. The first kappa shape index (κ1) is 31.5. The first-order valence-corrected chi connectivity index (χ1v) is 11.1. The molecule has 0 fully saturated rings. The molecule has 0 bridgehead atoms. The SMILES string of the molecule is CCC(C)C(N)C(=O)NC(C(=O)NC(CCCN=C(N)N)C(=O)NC(CC(N)=O)C(=O)O)C(C)O. The van der Waals surface area contributed by atoms with E-state index in [1.54, 1.807) is 6.92 Å². The zero-order valence-corrected chi connectivity index (χ0v) is 20.2. The molecule has 6 unspecified atom stereocenters. The van der Waals surface area contributed by atoms with Crippen LogP contribution in [0.1, 0.15) is 46.5 Å². The molecular weight excluding hydrogens is 464 g/mol. The number of guanidine groups is 1. The quantitative estimate of drug-likeness (QED) is 0.0563. The van der Waals surface area contributed by atoms with Crippen LogP contribution in [-0.4, -0.2) is 82.6 Å². The van der Waals surface area contributed by atoms with Crippen LogP contribution in [0.2, 0.25) is 0 Å². The van der Waals surface area contributed by atoms with Crippen molar-refractivity contribution in [1.82, 2.24) is 16.0 Å². The highest BCUT2D eigenvalue weighted by Gasteiger charge is 2.33. The molecule has 0 saturated heterocycles. The number of aliphatic carboxylic acids is 1. The topological polar surface area (TPSA) is 278 Å². The highest BCUT2D eigenvalue weighted by molar-refractivity contribution is 5.95. The Morgan fingerprint density at radius 1 is 0.914 bits per heavy atom. The van der Waals surface area contributed by atoms with E-state index in [1.807, 2.05) is 6.92 Å². The summed E-state index contributed by atoms with van der Waals surface area (Å²) in [5.41, 5.74) is 21.4. The normalized spacial score (nSPS) is 15.9. The molecule has 6 atom stereocenters. The molecule has 4 amide bonds. The summed E-state index contributed by atoms with van der Waals surface area (Å²) >= 11 is 0. The molecule has 0 saturated carbocycles. The zero-order valence-electron chi connectivity index (χ0n) is 20.2. The number of aliphatic hydroxyl groups is 1. The predicted octanol–water partition coefficient (Wildman–Crippen LogP) is -3.79. The third-order valence-electron chi connectivity index (χ3n) is 5.22. The Morgan fingerprint density at radius 3 is 1.94 bits per heavy atom. The van der Waals surface area contributed by atoms with Gasteiger partial charge in [-0.3, -0.25) is 24.2 Å². The fourth-order valence-corrected chi connectivity index (χ4v) is 2.87. The maximum absolute atomic E-state index is 12.9. The lowest BCUT2D eigenvalue weighted by molar-refractivity contribution is -0.144. The molecule has 0 spiro atoms. The van der Waals surface area contributed by atoms with Crippen molar-refractivity contribution < 1.29 is 34.2 Å². The Kier molecular flexibility index (Phi) is 13.9. The second-order valence-electron chi connectivity index (χ2n) is 8.22. The highest BCUT2D eigenvalue weighted by atomic mass is 16.4. The Hall–Kier alpha value is -3.46. The van der Waals surface area contributed by atoms with Gasteiger partial charge in [-0.2, -0.15) is 0 Å². The minimum Gasteiger partial charge on any atom is -0.480 e. The van der Waals surface area contributed by atoms with E-state index < -0.39 is 66.3 Å². The van der Waals surface area contributed by atoms with Crippen molar-refractivity contribution in [1.29, 1.82) is 0 Å². The van der Waals surface area contributed by atoms with Crippen LogP contribution in [0.4, 0.5) is 0 Å². The Labute approximate surface area is 203 Å². The van der Waals surface area contributed by atoms with E-state index in [4.69, 9.17) is 22.9 Å². The predicted molar refractivity (Wildman–Crippen MR) is 126 cm³/mol. The molecule has 0 aromatic rings. The molecule has 15 heteroatoms. The van der Waals surface area contributed by atoms with E-state index in [2.05, 4.69) is 20.9 Å². The number of rotatable bonds is 16. The van der Waals surface area contributed by atoms with Gasteiger partial charge in [0.2, 0.25) is 23.6 Å². The largest absolute Gasteiger partial charge is 0.480 e. The second kappa shape index (κ2) is 15.4. The van der Waals surface area contributed by atoms with Crippen LogP contribution in [0.3, 0.4) is 0 Å². The number of nitrogens with two attached hydrogens (primary N) is 4. The van der Waals surface area contributed by atoms with Gasteiger partial charge in [-0.25, -0.2) is 4.79 Å². The molecule has 15 nitrogen and oxygen atoms in total. The molecule has 13 N–H and O–H groups in total. The van der Waals surface area contributed by atoms with Gasteiger partial charge in [0, 0.05) is 6.54 Å². The van der Waals surface area contributed by atoms with Crippen molar-refractivity contribution in [3.05, 3.63) is 0 Å². The minimum atomic E-state index is -1.63. The summed E-state index contributed by atoms with van der Waals surface area (Å²) in [5, 5.41) is 26.2. The molecule has 0 radical (unpaired) electrons. The Balaban J connectivity index is 5.62. The van der Waals surface area contributed by atoms with Crippen LogP contribution in [0.25, 0.3) is 0 Å². The molecule has 0 aromatic heterocycles. The number of nitrogens with zero attached hydrogens (tertiary/aromatic N) is 1. The molecule has 0 aliphatic heterocycles. The minimum absolute atomic E-state index is 0.0376. The van der Waals surface area contributed by atoms with E-state index in [0.717, 1.165) is 0 Å². The number of amides is 4. The summed E-state index contributed by atoms with van der Waals surface area (Å²) in [6.45, 7) is 4.96. The maximum atomic E-state index is 12.9. The number of hydrogen-bond acceptors (Lipinski definition) is 8. The van der Waals surface area contributed by atoms with Crippen molar-refractivity contribution in [3.63, 3.8) is 0 Å². The van der Waals surface area contributed by atoms with Gasteiger partial charge >= 0.3 is 5.97 Å². The average Bonchev–Trinajstić information content (AvgIpc) is 2.76. The first-order valence-electron chi connectivity index (χ1n) is 11.1. The zero-order chi connectivity index (χ0) is 27.3. The van der Waals surface area contributed by atoms with E-state index in [0.29, 0.717) is 6.42 Å². The molecule has 0 aromatic carbocycles. The van der Waals surface area contributed by atoms with Gasteiger partial charge in [0.15, 0.2) is 5.96 Å². The van der Waals surface area contributed by atoms with Crippen LogP contribution >= 0.6 is 0 Å². The van der Waals surface area contributed by atoms with Gasteiger partial charge in [-0.1, -0.05) is 20.3 Å². The molecule has 35 heavy (non-hydrogen) atoms. The van der Waals surface area contributed by atoms with E-state index in [1.165, 1.54) is 6.92 Å². The third kappa shape index (κ3) is 12.0. The summed E-state index contributed by atoms with van der Waals surface area (Å²) in [6.07, 6.45) is -1.25. The maximum Gasteiger partial charge on any atom is 0.326 e. The molecule has 200 valence electrons. The number of nitrogens with one attached hydrogen (secondary N) is 3. The fourth-order valence-electron chi connectivity index (χ4n) is 2.87. The molecule has 0 aliphatic rings. The van der Waals surface area contributed by atoms with Crippen LogP contribution in [-0.2, 0) is 24.0 Å².